The third-order valence-corrected chi connectivity index (χ3v) is 9.05. The maximum absolute atomic E-state index is 13.6. The number of nitrogens with one attached hydrogen (secondary N) is 3. The minimum Gasteiger partial charge on any atom is -0.484 e. The van der Waals surface area contributed by atoms with Crippen LogP contribution in [0.15, 0.2) is 42.7 Å². The van der Waals surface area contributed by atoms with Crippen molar-refractivity contribution in [1.82, 2.24) is 35.9 Å². The molecule has 1 spiro atoms. The normalized spacial score (nSPS) is 23.9. The lowest BCUT2D eigenvalue weighted by molar-refractivity contribution is -0.144. The lowest BCUT2D eigenvalue weighted by atomic mass is 9.73. The molecule has 14 nitrogen and oxygen atoms in total. The summed E-state index contributed by atoms with van der Waals surface area (Å²) < 4.78 is 5.77. The van der Waals surface area contributed by atoms with Crippen molar-refractivity contribution in [3.05, 3.63) is 53.9 Å². The molecule has 1 aromatic heterocycles. The maximum Gasteiger partial charge on any atom is 0.258 e. The number of nitrogens with zero attached hydrogens (tertiary/aromatic N) is 4. The van der Waals surface area contributed by atoms with Gasteiger partial charge in [-0.3, -0.25) is 24.0 Å². The van der Waals surface area contributed by atoms with Crippen LogP contribution in [0.5, 0.6) is 5.75 Å². The Morgan fingerprint density at radius 2 is 1.74 bits per heavy atom. The molecule has 0 saturated carbocycles. The molecule has 0 radical (unpaired) electrons. The molecule has 2 aliphatic rings. The van der Waals surface area contributed by atoms with Gasteiger partial charge in [0.2, 0.25) is 17.7 Å². The number of hydrogen-bond donors (Lipinski definition) is 4. The van der Waals surface area contributed by atoms with Crippen molar-refractivity contribution >= 4 is 29.5 Å². The van der Waals surface area contributed by atoms with Crippen LogP contribution in [0.4, 0.5) is 0 Å². The van der Waals surface area contributed by atoms with E-state index < -0.39 is 54.0 Å². The van der Waals surface area contributed by atoms with E-state index in [0.717, 1.165) is 10.5 Å². The molecule has 1 aromatic carbocycles. The largest absolute Gasteiger partial charge is 0.484 e. The van der Waals surface area contributed by atoms with Gasteiger partial charge in [0.15, 0.2) is 6.61 Å². The van der Waals surface area contributed by atoms with Crippen LogP contribution in [0.25, 0.3) is 0 Å². The standard InChI is InChI=1S/C33H45N7O7/c1-20(2)27-30(44)34-19-33(10-13-40(14-11-33)31(45)24-9-12-35-36-17-24)16-23-7-6-8-25(15-23)47-18-26(42)37-28(22(4)41)32(46)39(5)21(3)29(43)38-27/h6-9,12,15,17,20-22,27-28,41H,10-11,13-14,16,18-19H2,1-5H3,(H,34,44)(H,37,42)(H,38,43)/t21-,22+,27+,28-/m0/s1. The molecule has 2 aromatic rings. The Labute approximate surface area is 274 Å². The number of fused-ring (bicyclic) bond motifs is 2. The van der Waals surface area contributed by atoms with Crippen LogP contribution in [0, 0.1) is 11.3 Å². The second-order valence-corrected chi connectivity index (χ2v) is 12.9. The topological polar surface area (TPSA) is 183 Å². The summed E-state index contributed by atoms with van der Waals surface area (Å²) in [4.78, 5) is 69.1. The lowest BCUT2D eigenvalue weighted by Crippen LogP contribution is -2.59. The van der Waals surface area contributed by atoms with E-state index in [1.165, 1.54) is 33.3 Å². The van der Waals surface area contributed by atoms with Gasteiger partial charge in [-0.15, -0.1) is 0 Å². The highest BCUT2D eigenvalue weighted by molar-refractivity contribution is 5.95. The Morgan fingerprint density at radius 3 is 2.38 bits per heavy atom. The Hall–Kier alpha value is -4.59. The van der Waals surface area contributed by atoms with Gasteiger partial charge in [0.05, 0.1) is 24.1 Å². The molecule has 0 unspecified atom stereocenters. The number of rotatable bonds is 3. The highest BCUT2D eigenvalue weighted by atomic mass is 16.5. The van der Waals surface area contributed by atoms with Crippen LogP contribution in [0.2, 0.25) is 0 Å². The molecule has 4 N–H and O–H groups in total. The van der Waals surface area contributed by atoms with E-state index in [-0.39, 0.29) is 17.7 Å². The molecule has 5 amide bonds. The first kappa shape index (κ1) is 35.3. The third-order valence-electron chi connectivity index (χ3n) is 9.05. The average molecular weight is 652 g/mol. The van der Waals surface area contributed by atoms with Gasteiger partial charge in [-0.05, 0) is 68.2 Å². The van der Waals surface area contributed by atoms with E-state index in [9.17, 15) is 29.1 Å². The van der Waals surface area contributed by atoms with Crippen molar-refractivity contribution in [2.24, 2.45) is 11.3 Å². The number of aromatic nitrogens is 2. The number of benzene rings is 1. The second kappa shape index (κ2) is 15.3. The quantitative estimate of drug-likeness (QED) is 0.363. The molecule has 0 aliphatic carbocycles. The van der Waals surface area contributed by atoms with Crippen LogP contribution in [-0.4, -0.2) is 112 Å². The van der Waals surface area contributed by atoms with Crippen LogP contribution in [-0.2, 0) is 25.6 Å². The van der Waals surface area contributed by atoms with Crippen LogP contribution in [0.3, 0.4) is 0 Å². The lowest BCUT2D eigenvalue weighted by Gasteiger charge is -2.42. The van der Waals surface area contributed by atoms with Crippen LogP contribution >= 0.6 is 0 Å². The Balaban J connectivity index is 1.63. The molecule has 254 valence electrons. The first-order valence-corrected chi connectivity index (χ1v) is 15.9. The maximum atomic E-state index is 13.6. The van der Waals surface area contributed by atoms with Gasteiger partial charge < -0.3 is 35.6 Å². The van der Waals surface area contributed by atoms with Crippen molar-refractivity contribution in [2.75, 3.05) is 33.3 Å². The van der Waals surface area contributed by atoms with E-state index in [2.05, 4.69) is 26.1 Å². The number of amides is 5. The number of hydrogen-bond acceptors (Lipinski definition) is 9. The molecule has 4 atom stereocenters. The Kier molecular flexibility index (Phi) is 11.5. The summed E-state index contributed by atoms with van der Waals surface area (Å²) in [6.07, 6.45) is 3.40. The molecule has 47 heavy (non-hydrogen) atoms. The minimum atomic E-state index is -1.32. The zero-order valence-corrected chi connectivity index (χ0v) is 27.6. The highest BCUT2D eigenvalue weighted by Crippen LogP contribution is 2.36. The van der Waals surface area contributed by atoms with Crippen molar-refractivity contribution in [3.8, 4) is 5.75 Å². The number of carbonyl (C=O) groups is 5. The van der Waals surface area contributed by atoms with Gasteiger partial charge in [0, 0.05) is 26.7 Å². The fourth-order valence-electron chi connectivity index (χ4n) is 5.91. The zero-order valence-electron chi connectivity index (χ0n) is 27.6. The number of ether oxygens (including phenoxy) is 1. The summed E-state index contributed by atoms with van der Waals surface area (Å²) in [5, 5.41) is 26.3. The van der Waals surface area contributed by atoms with Gasteiger partial charge in [-0.1, -0.05) is 26.0 Å². The zero-order chi connectivity index (χ0) is 34.3. The number of likely N-dealkylation sites (N-methyl/N-ethyl adjacent to an activating group) is 1. The Morgan fingerprint density at radius 1 is 1.02 bits per heavy atom. The number of carbonyl (C=O) groups excluding carboxylic acids is 5. The Bertz CT molecular complexity index is 1440. The molecule has 14 heteroatoms. The van der Waals surface area contributed by atoms with Gasteiger partial charge in [0.1, 0.15) is 23.9 Å². The van der Waals surface area contributed by atoms with E-state index in [1.807, 2.05) is 32.0 Å². The summed E-state index contributed by atoms with van der Waals surface area (Å²) in [7, 11) is 1.40. The molecular formula is C33H45N7O7. The summed E-state index contributed by atoms with van der Waals surface area (Å²) in [5.41, 5.74) is 0.933. The molecule has 2 aliphatic heterocycles. The third kappa shape index (κ3) is 8.82. The van der Waals surface area contributed by atoms with E-state index >= 15 is 0 Å². The fraction of sp³-hybridized carbons (Fsp3) is 0.545. The minimum absolute atomic E-state index is 0.137. The van der Waals surface area contributed by atoms with Crippen molar-refractivity contribution < 1.29 is 33.8 Å². The average Bonchev–Trinajstić information content (AvgIpc) is 3.06. The fourth-order valence-corrected chi connectivity index (χ4v) is 5.91. The first-order valence-electron chi connectivity index (χ1n) is 15.9. The summed E-state index contributed by atoms with van der Waals surface area (Å²) in [6, 6.07) is 5.70. The van der Waals surface area contributed by atoms with Gasteiger partial charge in [-0.25, -0.2) is 0 Å². The number of aliphatic hydroxyl groups excluding tert-OH is 1. The van der Waals surface area contributed by atoms with E-state index in [0.29, 0.717) is 50.2 Å². The van der Waals surface area contributed by atoms with Gasteiger partial charge in [0.25, 0.3) is 11.8 Å². The molecule has 3 heterocycles. The smallest absolute Gasteiger partial charge is 0.258 e. The summed E-state index contributed by atoms with van der Waals surface area (Å²) in [5.74, 6) is -2.19. The monoisotopic (exact) mass is 651 g/mol. The molecule has 4 rings (SSSR count). The van der Waals surface area contributed by atoms with Crippen molar-refractivity contribution in [2.45, 2.75) is 71.2 Å². The molecule has 2 bridgehead atoms. The van der Waals surface area contributed by atoms with Crippen LogP contribution < -0.4 is 20.7 Å². The molecular weight excluding hydrogens is 606 g/mol. The van der Waals surface area contributed by atoms with Crippen molar-refractivity contribution in [3.63, 3.8) is 0 Å². The second-order valence-electron chi connectivity index (χ2n) is 12.9. The van der Waals surface area contributed by atoms with Gasteiger partial charge >= 0.3 is 0 Å². The molecule has 1 fully saturated rings. The van der Waals surface area contributed by atoms with Crippen LogP contribution in [0.1, 0.15) is 56.5 Å². The number of likely N-dealkylation sites (tertiary alicyclic amines) is 1. The van der Waals surface area contributed by atoms with Crippen molar-refractivity contribution in [1.29, 1.82) is 0 Å². The van der Waals surface area contributed by atoms with E-state index in [4.69, 9.17) is 4.74 Å². The first-order chi connectivity index (χ1) is 22.3. The van der Waals surface area contributed by atoms with E-state index in [1.54, 1.807) is 17.0 Å². The highest BCUT2D eigenvalue weighted by Gasteiger charge is 2.39. The predicted molar refractivity (Wildman–Crippen MR) is 171 cm³/mol. The molecule has 1 saturated heterocycles. The summed E-state index contributed by atoms with van der Waals surface area (Å²) in [6.45, 7) is 7.32. The summed E-state index contributed by atoms with van der Waals surface area (Å²) >= 11 is 0. The number of piperidine rings is 1. The number of aliphatic hydroxyl groups is 1. The predicted octanol–water partition coefficient (Wildman–Crippen LogP) is 0.304. The SMILES string of the molecule is CC(C)[C@H]1NC(=O)[C@H](C)N(C)C(=O)[C@H]([C@@H](C)O)NC(=O)COc2cccc(c2)CC2(CCN(C(=O)c3ccnnc3)CC2)CNC1=O. The van der Waals surface area contributed by atoms with Gasteiger partial charge in [-0.2, -0.15) is 10.2 Å².